The first-order valence-electron chi connectivity index (χ1n) is 13.5. The number of hydrogen-bond acceptors (Lipinski definition) is 10. The van der Waals surface area contributed by atoms with Crippen LogP contribution in [0.3, 0.4) is 0 Å². The monoisotopic (exact) mass is 550 g/mol. The molecule has 0 radical (unpaired) electrons. The van der Waals surface area contributed by atoms with Crippen LogP contribution < -0.4 is 0 Å². The number of allylic oxidation sites excluding steroid dienone is 1. The molecular formula is C29H42O10. The molecule has 1 aliphatic heterocycles. The predicted octanol–water partition coefficient (Wildman–Crippen LogP) is 3.69. The van der Waals surface area contributed by atoms with Crippen molar-refractivity contribution in [3.8, 4) is 0 Å². The van der Waals surface area contributed by atoms with Crippen molar-refractivity contribution in [3.63, 3.8) is 0 Å². The minimum Gasteiger partial charge on any atom is -0.465 e. The Morgan fingerprint density at radius 1 is 0.897 bits per heavy atom. The highest BCUT2D eigenvalue weighted by atomic mass is 16.6. The summed E-state index contributed by atoms with van der Waals surface area (Å²) in [4.78, 5) is 60.3. The van der Waals surface area contributed by atoms with Gasteiger partial charge in [-0.15, -0.1) is 0 Å². The Morgan fingerprint density at radius 3 is 2.05 bits per heavy atom. The van der Waals surface area contributed by atoms with Crippen molar-refractivity contribution in [1.29, 1.82) is 0 Å². The summed E-state index contributed by atoms with van der Waals surface area (Å²) in [6.45, 7) is 13.6. The summed E-state index contributed by atoms with van der Waals surface area (Å²) in [5.74, 6) is -2.55. The molecule has 0 aromatic rings. The summed E-state index contributed by atoms with van der Waals surface area (Å²) in [5.41, 5.74) is -1.34. The molecule has 0 amide bonds. The van der Waals surface area contributed by atoms with Crippen LogP contribution >= 0.6 is 0 Å². The second-order valence-electron chi connectivity index (χ2n) is 12.3. The first kappa shape index (κ1) is 30.6. The van der Waals surface area contributed by atoms with Crippen LogP contribution in [0.25, 0.3) is 0 Å². The van der Waals surface area contributed by atoms with Crippen molar-refractivity contribution in [1.82, 2.24) is 0 Å². The maximum absolute atomic E-state index is 12.5. The number of esters is 5. The van der Waals surface area contributed by atoms with E-state index in [4.69, 9.17) is 23.7 Å². The van der Waals surface area contributed by atoms with Gasteiger partial charge in [-0.1, -0.05) is 33.8 Å². The number of rotatable bonds is 7. The second kappa shape index (κ2) is 11.3. The first-order chi connectivity index (χ1) is 18.0. The van der Waals surface area contributed by atoms with Crippen molar-refractivity contribution in [2.75, 3.05) is 13.2 Å². The zero-order chi connectivity index (χ0) is 29.3. The molecule has 0 aromatic heterocycles. The van der Waals surface area contributed by atoms with Crippen LogP contribution in [0.5, 0.6) is 0 Å². The fraction of sp³-hybridized carbons (Fsp3) is 0.759. The summed E-state index contributed by atoms with van der Waals surface area (Å²) in [7, 11) is 0. The summed E-state index contributed by atoms with van der Waals surface area (Å²) in [6, 6.07) is 0. The van der Waals surface area contributed by atoms with E-state index in [2.05, 4.69) is 20.8 Å². The molecule has 2 saturated carbocycles. The van der Waals surface area contributed by atoms with E-state index >= 15 is 0 Å². The van der Waals surface area contributed by atoms with E-state index in [-0.39, 0.29) is 30.5 Å². The molecule has 0 bridgehead atoms. The lowest BCUT2D eigenvalue weighted by Crippen LogP contribution is -2.64. The van der Waals surface area contributed by atoms with Gasteiger partial charge in [-0.3, -0.25) is 19.2 Å². The van der Waals surface area contributed by atoms with Crippen molar-refractivity contribution in [2.45, 2.75) is 99.4 Å². The molecule has 7 atom stereocenters. The molecule has 39 heavy (non-hydrogen) atoms. The standard InChI is InChI=1S/C29H42O10/c1-16(30)36-15-29(8)23-13-25(39-19(4)33)27(5,6)22(28(23,7)12-11-24(29)38-18(3)32)10-9-20-21(37-17(2)31)14-35-26(20)34/h9,21-25H,10-15H2,1-8H3/b20-9+/t21-,22+,23?,24-,25?,28-,29+/m1/s1. The Balaban J connectivity index is 2.09. The molecule has 0 aromatic carbocycles. The fourth-order valence-electron chi connectivity index (χ4n) is 7.50. The highest BCUT2D eigenvalue weighted by molar-refractivity contribution is 5.92. The van der Waals surface area contributed by atoms with Gasteiger partial charge in [-0.2, -0.15) is 0 Å². The summed E-state index contributed by atoms with van der Waals surface area (Å²) in [5, 5.41) is 0. The number of cyclic esters (lactones) is 1. The van der Waals surface area contributed by atoms with Crippen LogP contribution in [-0.4, -0.2) is 61.4 Å². The molecule has 1 saturated heterocycles. The van der Waals surface area contributed by atoms with E-state index in [1.807, 2.05) is 6.92 Å². The van der Waals surface area contributed by atoms with Crippen LogP contribution in [0.15, 0.2) is 11.6 Å². The third kappa shape index (κ3) is 6.14. The van der Waals surface area contributed by atoms with Gasteiger partial charge in [-0.25, -0.2) is 4.79 Å². The largest absolute Gasteiger partial charge is 0.465 e. The summed E-state index contributed by atoms with van der Waals surface area (Å²) in [6.07, 6.45) is 2.22. The average molecular weight is 551 g/mol. The Hall–Kier alpha value is -2.91. The van der Waals surface area contributed by atoms with Crippen molar-refractivity contribution in [3.05, 3.63) is 11.6 Å². The lowest BCUT2D eigenvalue weighted by atomic mass is 9.41. The first-order valence-corrected chi connectivity index (χ1v) is 13.5. The minimum absolute atomic E-state index is 0.0290. The summed E-state index contributed by atoms with van der Waals surface area (Å²) >= 11 is 0. The van der Waals surface area contributed by atoms with Crippen LogP contribution in [0.4, 0.5) is 0 Å². The maximum atomic E-state index is 12.5. The highest BCUT2D eigenvalue weighted by Gasteiger charge is 2.65. The minimum atomic E-state index is -0.775. The molecule has 2 aliphatic carbocycles. The highest BCUT2D eigenvalue weighted by Crippen LogP contribution is 2.66. The Morgan fingerprint density at radius 2 is 1.49 bits per heavy atom. The quantitative estimate of drug-likeness (QED) is 0.263. The van der Waals surface area contributed by atoms with Crippen molar-refractivity contribution in [2.24, 2.45) is 28.1 Å². The molecule has 2 unspecified atom stereocenters. The number of ether oxygens (including phenoxy) is 5. The maximum Gasteiger partial charge on any atom is 0.337 e. The Labute approximate surface area is 230 Å². The normalized spacial score (nSPS) is 36.4. The van der Waals surface area contributed by atoms with Crippen LogP contribution in [-0.2, 0) is 47.7 Å². The van der Waals surface area contributed by atoms with Gasteiger partial charge in [0.25, 0.3) is 0 Å². The third-order valence-corrected chi connectivity index (χ3v) is 9.28. The van der Waals surface area contributed by atoms with Crippen LogP contribution in [0.1, 0.15) is 81.1 Å². The van der Waals surface area contributed by atoms with E-state index in [9.17, 15) is 24.0 Å². The lowest BCUT2D eigenvalue weighted by Gasteiger charge is -2.65. The smallest absolute Gasteiger partial charge is 0.337 e. The van der Waals surface area contributed by atoms with Crippen LogP contribution in [0.2, 0.25) is 0 Å². The van der Waals surface area contributed by atoms with Crippen molar-refractivity contribution >= 4 is 29.8 Å². The van der Waals surface area contributed by atoms with E-state index < -0.39 is 59.0 Å². The van der Waals surface area contributed by atoms with Gasteiger partial charge < -0.3 is 23.7 Å². The zero-order valence-electron chi connectivity index (χ0n) is 24.3. The molecule has 3 aliphatic rings. The van der Waals surface area contributed by atoms with Gasteiger partial charge in [0.15, 0.2) is 6.10 Å². The number of fused-ring (bicyclic) bond motifs is 1. The van der Waals surface area contributed by atoms with Gasteiger partial charge in [0.1, 0.15) is 25.4 Å². The van der Waals surface area contributed by atoms with E-state index in [0.29, 0.717) is 31.3 Å². The van der Waals surface area contributed by atoms with E-state index in [1.54, 1.807) is 6.08 Å². The van der Waals surface area contributed by atoms with Gasteiger partial charge in [0.2, 0.25) is 0 Å². The van der Waals surface area contributed by atoms with Crippen LogP contribution in [0, 0.1) is 28.1 Å². The molecule has 0 spiro atoms. The molecule has 10 heteroatoms. The van der Waals surface area contributed by atoms with Gasteiger partial charge in [-0.05, 0) is 42.9 Å². The molecular weight excluding hydrogens is 508 g/mol. The second-order valence-corrected chi connectivity index (χ2v) is 12.3. The third-order valence-electron chi connectivity index (χ3n) is 9.28. The Bertz CT molecular complexity index is 1040. The van der Waals surface area contributed by atoms with Gasteiger partial charge >= 0.3 is 29.8 Å². The Kier molecular flexibility index (Phi) is 8.87. The topological polar surface area (TPSA) is 132 Å². The lowest BCUT2D eigenvalue weighted by molar-refractivity contribution is -0.232. The molecule has 218 valence electrons. The molecule has 3 rings (SSSR count). The molecule has 10 nitrogen and oxygen atoms in total. The molecule has 3 fully saturated rings. The molecule has 1 heterocycles. The van der Waals surface area contributed by atoms with E-state index in [1.165, 1.54) is 27.7 Å². The number of carbonyl (C=O) groups is 5. The van der Waals surface area contributed by atoms with E-state index in [0.717, 1.165) is 0 Å². The summed E-state index contributed by atoms with van der Waals surface area (Å²) < 4.78 is 27.7. The van der Waals surface area contributed by atoms with Crippen molar-refractivity contribution < 1.29 is 47.7 Å². The predicted molar refractivity (Wildman–Crippen MR) is 138 cm³/mol. The number of hydrogen-bond donors (Lipinski definition) is 0. The zero-order valence-corrected chi connectivity index (χ0v) is 24.3. The fourth-order valence-corrected chi connectivity index (χ4v) is 7.50. The van der Waals surface area contributed by atoms with Gasteiger partial charge in [0, 0.05) is 38.5 Å². The SMILES string of the molecule is CC(=O)OC[C@@]1(C)C2CC(OC(C)=O)C(C)(C)[C@H](C/C=C3/C(=O)OC[C@H]3OC(C)=O)[C@@]2(C)CC[C@H]1OC(C)=O. The number of carbonyl (C=O) groups excluding carboxylic acids is 5. The average Bonchev–Trinajstić information content (AvgIpc) is 3.14. The molecule has 0 N–H and O–H groups in total. The van der Waals surface area contributed by atoms with Gasteiger partial charge in [0.05, 0.1) is 5.57 Å².